The second kappa shape index (κ2) is 11.2. The van der Waals surface area contributed by atoms with Crippen molar-refractivity contribution in [3.05, 3.63) is 106 Å². The maximum Gasteiger partial charge on any atom is 0.225 e. The van der Waals surface area contributed by atoms with Crippen LogP contribution in [-0.4, -0.2) is 55.7 Å². The van der Waals surface area contributed by atoms with E-state index in [2.05, 4.69) is 19.1 Å². The minimum absolute atomic E-state index is 0.0360. The van der Waals surface area contributed by atoms with Gasteiger partial charge in [0.2, 0.25) is 5.78 Å². The van der Waals surface area contributed by atoms with Gasteiger partial charge in [0.05, 0.1) is 38.4 Å². The molecule has 2 aliphatic heterocycles. The standard InChI is InChI=1S/C43H46O8/c1-25-41(30-18-28(30)23-48-21-26-12-8-6-9-13-26)20-32(50-24-49-22-27-14-10-7-11-15-27)43(25)33-29(16-17-40(41,43)4)37(46)42-19-31(44)38(51-42)39(2,3)36(42)35(47-5)34(33)45/h6-15,28,30,32,38H,1,16-24H2,2-5H3/t28-,30+,32-,38-,40-,41+,42+,43+/m0/s1. The lowest BCUT2D eigenvalue weighted by molar-refractivity contribution is -0.154. The summed E-state index contributed by atoms with van der Waals surface area (Å²) in [6.45, 7) is 12.5. The lowest BCUT2D eigenvalue weighted by atomic mass is 9.33. The Bertz CT molecular complexity index is 1930. The Kier molecular flexibility index (Phi) is 7.26. The molecule has 4 bridgehead atoms. The number of allylic oxidation sites excluding steroid dienone is 1. The molecule has 266 valence electrons. The molecule has 0 unspecified atom stereocenters. The Morgan fingerprint density at radius 2 is 1.59 bits per heavy atom. The van der Waals surface area contributed by atoms with Gasteiger partial charge < -0.3 is 23.7 Å². The van der Waals surface area contributed by atoms with Gasteiger partial charge in [-0.25, -0.2) is 0 Å². The third kappa shape index (κ3) is 4.02. The molecule has 2 saturated heterocycles. The fourth-order valence-electron chi connectivity index (χ4n) is 12.1. The van der Waals surface area contributed by atoms with Crippen molar-refractivity contribution in [1.82, 2.24) is 0 Å². The van der Waals surface area contributed by atoms with E-state index in [4.69, 9.17) is 30.3 Å². The van der Waals surface area contributed by atoms with E-state index in [1.165, 1.54) is 7.11 Å². The molecule has 8 aliphatic rings. The van der Waals surface area contributed by atoms with Crippen LogP contribution in [0.5, 0.6) is 0 Å². The molecule has 6 aliphatic carbocycles. The number of fused-ring (bicyclic) bond motifs is 2. The normalized spacial score (nSPS) is 38.4. The van der Waals surface area contributed by atoms with Crippen molar-refractivity contribution < 1.29 is 38.1 Å². The molecule has 0 N–H and O–H groups in total. The Hall–Kier alpha value is -3.69. The number of hydrogen-bond acceptors (Lipinski definition) is 8. The Morgan fingerprint density at radius 3 is 2.25 bits per heavy atom. The van der Waals surface area contributed by atoms with Gasteiger partial charge in [-0.05, 0) is 54.1 Å². The van der Waals surface area contributed by atoms with E-state index in [0.29, 0.717) is 67.6 Å². The van der Waals surface area contributed by atoms with Crippen LogP contribution in [0.25, 0.3) is 0 Å². The second-order valence-electron chi connectivity index (χ2n) is 16.6. The summed E-state index contributed by atoms with van der Waals surface area (Å²) in [4.78, 5) is 43.5. The molecule has 8 atom stereocenters. The highest BCUT2D eigenvalue weighted by molar-refractivity contribution is 6.22. The molecule has 8 nitrogen and oxygen atoms in total. The van der Waals surface area contributed by atoms with Gasteiger partial charge in [0.15, 0.2) is 22.9 Å². The molecular formula is C43H46O8. The molecule has 8 heteroatoms. The average Bonchev–Trinajstić information content (AvgIpc) is 3.56. The predicted octanol–water partition coefficient (Wildman–Crippen LogP) is 6.63. The van der Waals surface area contributed by atoms with Gasteiger partial charge in [0, 0.05) is 34.0 Å². The zero-order chi connectivity index (χ0) is 35.6. The molecule has 4 saturated carbocycles. The summed E-state index contributed by atoms with van der Waals surface area (Å²) in [6.07, 6.45) is 1.48. The second-order valence-corrected chi connectivity index (χ2v) is 16.6. The van der Waals surface area contributed by atoms with Crippen LogP contribution < -0.4 is 0 Å². The predicted molar refractivity (Wildman–Crippen MR) is 187 cm³/mol. The highest BCUT2D eigenvalue weighted by atomic mass is 16.7. The molecule has 0 aromatic heterocycles. The number of ether oxygens (including phenoxy) is 5. The number of carbonyl (C=O) groups excluding carboxylic acids is 3. The number of ketones is 3. The zero-order valence-electron chi connectivity index (χ0n) is 29.9. The maximum absolute atomic E-state index is 15.2. The van der Waals surface area contributed by atoms with Crippen molar-refractivity contribution >= 4 is 17.3 Å². The van der Waals surface area contributed by atoms with E-state index in [1.807, 2.05) is 62.4 Å². The van der Waals surface area contributed by atoms with Crippen molar-refractivity contribution in [2.75, 3.05) is 20.5 Å². The SMILES string of the molecule is C=C1[C@@]23C4=C(CC[C@@]2(C)[C@]1([C@@H]1C[C@H]1COCc1ccccc1)C[C@@H]3OCOCc1ccccc1)C(=O)[C@]12CC(=O)[C@H](O1)C(C)(C)C2=C(OC)C4=O. The van der Waals surface area contributed by atoms with E-state index >= 15 is 4.79 Å². The minimum Gasteiger partial charge on any atom is -0.493 e. The van der Waals surface area contributed by atoms with Gasteiger partial charge in [-0.1, -0.05) is 93.6 Å². The fourth-order valence-corrected chi connectivity index (χ4v) is 12.1. The van der Waals surface area contributed by atoms with Gasteiger partial charge >= 0.3 is 0 Å². The lowest BCUT2D eigenvalue weighted by Gasteiger charge is -2.69. The van der Waals surface area contributed by atoms with E-state index in [-0.39, 0.29) is 41.7 Å². The molecule has 2 heterocycles. The third-order valence-corrected chi connectivity index (χ3v) is 14.1. The van der Waals surface area contributed by atoms with Crippen LogP contribution in [0.3, 0.4) is 0 Å². The third-order valence-electron chi connectivity index (χ3n) is 14.1. The van der Waals surface area contributed by atoms with Crippen LogP contribution in [0.2, 0.25) is 0 Å². The van der Waals surface area contributed by atoms with Crippen LogP contribution in [0.15, 0.2) is 95.3 Å². The number of methoxy groups -OCH3 is 1. The van der Waals surface area contributed by atoms with E-state index < -0.39 is 34.1 Å². The summed E-state index contributed by atoms with van der Waals surface area (Å²) in [5, 5.41) is 0. The monoisotopic (exact) mass is 690 g/mol. The Morgan fingerprint density at radius 1 is 0.922 bits per heavy atom. The first-order chi connectivity index (χ1) is 24.5. The number of carbonyl (C=O) groups is 3. The topological polar surface area (TPSA) is 97.4 Å². The summed E-state index contributed by atoms with van der Waals surface area (Å²) in [5.74, 6) is 0.125. The van der Waals surface area contributed by atoms with Crippen molar-refractivity contribution in [2.45, 2.75) is 83.9 Å². The number of benzene rings is 2. The van der Waals surface area contributed by atoms with Gasteiger partial charge in [0.1, 0.15) is 12.9 Å². The smallest absolute Gasteiger partial charge is 0.225 e. The summed E-state index contributed by atoms with van der Waals surface area (Å²) in [5.41, 5.74) is 0.531. The highest BCUT2D eigenvalue weighted by Crippen LogP contribution is 2.90. The molecule has 6 fully saturated rings. The summed E-state index contributed by atoms with van der Waals surface area (Å²) in [6, 6.07) is 20.2. The molecule has 2 aromatic rings. The van der Waals surface area contributed by atoms with Gasteiger partial charge in [-0.3, -0.25) is 14.4 Å². The van der Waals surface area contributed by atoms with Gasteiger partial charge in [-0.2, -0.15) is 0 Å². The number of Topliss-reactive ketones (excluding diaryl/α,β-unsaturated/α-hetero) is 3. The molecule has 2 aromatic carbocycles. The quantitative estimate of drug-likeness (QED) is 0.147. The number of hydrogen-bond donors (Lipinski definition) is 0. The Balaban J connectivity index is 1.09. The zero-order valence-corrected chi connectivity index (χ0v) is 29.9. The van der Waals surface area contributed by atoms with Crippen LogP contribution >= 0.6 is 0 Å². The van der Waals surface area contributed by atoms with E-state index in [9.17, 15) is 9.59 Å². The minimum atomic E-state index is -1.53. The maximum atomic E-state index is 15.2. The summed E-state index contributed by atoms with van der Waals surface area (Å²) in [7, 11) is 1.48. The average molecular weight is 691 g/mol. The highest BCUT2D eigenvalue weighted by Gasteiger charge is 2.88. The van der Waals surface area contributed by atoms with Crippen LogP contribution in [0.4, 0.5) is 0 Å². The molecule has 10 rings (SSSR count). The van der Waals surface area contributed by atoms with Crippen LogP contribution in [-0.2, 0) is 51.3 Å². The first kappa shape index (κ1) is 33.2. The van der Waals surface area contributed by atoms with Gasteiger partial charge in [0.25, 0.3) is 0 Å². The molecule has 2 spiro atoms. The Labute approximate surface area is 299 Å². The van der Waals surface area contributed by atoms with Gasteiger partial charge in [-0.15, -0.1) is 0 Å². The first-order valence-corrected chi connectivity index (χ1v) is 18.4. The summed E-state index contributed by atoms with van der Waals surface area (Å²) < 4.78 is 31.5. The van der Waals surface area contributed by atoms with E-state index in [1.54, 1.807) is 0 Å². The van der Waals surface area contributed by atoms with E-state index in [0.717, 1.165) is 23.1 Å². The fraction of sp³-hybridized carbons (Fsp3) is 0.512. The molecule has 0 amide bonds. The lowest BCUT2D eigenvalue weighted by Crippen LogP contribution is -2.66. The first-order valence-electron chi connectivity index (χ1n) is 18.4. The largest absolute Gasteiger partial charge is 0.493 e. The van der Waals surface area contributed by atoms with Crippen molar-refractivity contribution in [2.24, 2.45) is 33.5 Å². The molecular weight excluding hydrogens is 644 g/mol. The number of rotatable bonds is 11. The molecule has 0 radical (unpaired) electrons. The van der Waals surface area contributed by atoms with Crippen LogP contribution in [0, 0.1) is 33.5 Å². The van der Waals surface area contributed by atoms with Crippen LogP contribution in [0.1, 0.15) is 64.0 Å². The summed E-state index contributed by atoms with van der Waals surface area (Å²) >= 11 is 0. The molecule has 51 heavy (non-hydrogen) atoms. The van der Waals surface area contributed by atoms with Crippen molar-refractivity contribution in [3.63, 3.8) is 0 Å². The van der Waals surface area contributed by atoms with Crippen molar-refractivity contribution in [1.29, 1.82) is 0 Å². The van der Waals surface area contributed by atoms with Crippen molar-refractivity contribution in [3.8, 4) is 0 Å².